The van der Waals surface area contributed by atoms with Gasteiger partial charge in [0.25, 0.3) is 0 Å². The number of carbonyl (C=O) groups is 1. The summed E-state index contributed by atoms with van der Waals surface area (Å²) in [5.74, 6) is -0.980. The maximum Gasteiger partial charge on any atom is 0.330 e. The van der Waals surface area contributed by atoms with E-state index in [9.17, 15) is 4.79 Å². The molecular weight excluding hydrogens is 152 g/mol. The van der Waals surface area contributed by atoms with Gasteiger partial charge in [0.15, 0.2) is 6.61 Å². The summed E-state index contributed by atoms with van der Waals surface area (Å²) in [5.41, 5.74) is 0. The topological polar surface area (TPSA) is 46.5 Å². The van der Waals surface area contributed by atoms with E-state index < -0.39 is 5.97 Å². The fourth-order valence-corrected chi connectivity index (χ4v) is 0.243. The van der Waals surface area contributed by atoms with Crippen molar-refractivity contribution in [1.29, 1.82) is 0 Å². The Morgan fingerprint density at radius 2 is 2.50 bits per heavy atom. The molecule has 0 spiro atoms. The molecule has 0 fully saturated rings. The van der Waals surface area contributed by atoms with Gasteiger partial charge in [0.05, 0.1) is 16.3 Å². The molecule has 0 amide bonds. The molecule has 0 saturated carbocycles. The molecule has 0 heterocycles. The van der Waals surface area contributed by atoms with Crippen LogP contribution in [-0.4, -0.2) is 17.7 Å². The fourth-order valence-electron chi connectivity index (χ4n) is 0.0467. The zero-order chi connectivity index (χ0) is 4.99. The van der Waals surface area contributed by atoms with Gasteiger partial charge in [0, 0.05) is 0 Å². The van der Waals surface area contributed by atoms with Gasteiger partial charge >= 0.3 is 5.97 Å². The minimum atomic E-state index is -0.980. The summed E-state index contributed by atoms with van der Waals surface area (Å²) in [6, 6.07) is 0. The minimum absolute atomic E-state index is 0.292. The van der Waals surface area contributed by atoms with E-state index in [4.69, 9.17) is 5.11 Å². The first kappa shape index (κ1) is 5.91. The summed E-state index contributed by atoms with van der Waals surface area (Å²) in [5, 5.41) is 7.76. The summed E-state index contributed by atoms with van der Waals surface area (Å²) in [7, 11) is 0. The van der Waals surface area contributed by atoms with E-state index in [1.54, 1.807) is 0 Å². The van der Waals surface area contributed by atoms with Crippen molar-refractivity contribution in [3.63, 3.8) is 0 Å². The van der Waals surface area contributed by atoms with Crippen LogP contribution in [0.15, 0.2) is 0 Å². The molecule has 0 aromatic rings. The summed E-state index contributed by atoms with van der Waals surface area (Å²) in [4.78, 5) is 9.44. The van der Waals surface area contributed by atoms with E-state index in [0.717, 1.165) is 0 Å². The molecule has 0 aromatic carbocycles. The van der Waals surface area contributed by atoms with Crippen LogP contribution in [-0.2, 0) is 8.62 Å². The molecule has 0 aliphatic heterocycles. The molecule has 0 aromatic heterocycles. The van der Waals surface area contributed by atoms with Crippen molar-refractivity contribution in [2.24, 2.45) is 0 Å². The van der Waals surface area contributed by atoms with Crippen molar-refractivity contribution in [1.82, 2.24) is 0 Å². The SMILES string of the molecule is O=C(O)COBr. The first-order valence-electron chi connectivity index (χ1n) is 1.22. The van der Waals surface area contributed by atoms with Gasteiger partial charge in [0.2, 0.25) is 0 Å². The summed E-state index contributed by atoms with van der Waals surface area (Å²) >= 11 is 2.47. The van der Waals surface area contributed by atoms with Gasteiger partial charge in [-0.25, -0.2) is 4.79 Å². The monoisotopic (exact) mass is 154 g/mol. The quantitative estimate of drug-likeness (QED) is 0.627. The Labute approximate surface area is 43.4 Å². The molecule has 0 rings (SSSR count). The van der Waals surface area contributed by atoms with Crippen molar-refractivity contribution in [3.05, 3.63) is 0 Å². The summed E-state index contributed by atoms with van der Waals surface area (Å²) in [6.07, 6.45) is 0. The summed E-state index contributed by atoms with van der Waals surface area (Å²) in [6.45, 7) is -0.292. The Morgan fingerprint density at radius 1 is 2.00 bits per heavy atom. The Hall–Kier alpha value is -0.0900. The molecule has 36 valence electrons. The van der Waals surface area contributed by atoms with E-state index in [-0.39, 0.29) is 6.61 Å². The van der Waals surface area contributed by atoms with Crippen LogP contribution in [0.2, 0.25) is 0 Å². The van der Waals surface area contributed by atoms with E-state index in [2.05, 4.69) is 20.1 Å². The third-order valence-electron chi connectivity index (χ3n) is 0.178. The molecule has 6 heavy (non-hydrogen) atoms. The minimum Gasteiger partial charge on any atom is -0.480 e. The van der Waals surface area contributed by atoms with Crippen LogP contribution in [0.25, 0.3) is 0 Å². The number of aliphatic carboxylic acids is 1. The Bertz CT molecular complexity index is 52.8. The number of carboxylic acid groups (broad SMARTS) is 1. The second kappa shape index (κ2) is 3.11. The van der Waals surface area contributed by atoms with Crippen LogP contribution >= 0.6 is 16.3 Å². The lowest BCUT2D eigenvalue weighted by Crippen LogP contribution is -2.00. The fraction of sp³-hybridized carbons (Fsp3) is 0.500. The van der Waals surface area contributed by atoms with E-state index in [0.29, 0.717) is 0 Å². The Balaban J connectivity index is 2.83. The maximum atomic E-state index is 9.44. The van der Waals surface area contributed by atoms with Crippen molar-refractivity contribution in [3.8, 4) is 0 Å². The molecule has 0 atom stereocenters. The van der Waals surface area contributed by atoms with Crippen molar-refractivity contribution >= 4 is 22.2 Å². The van der Waals surface area contributed by atoms with Crippen LogP contribution in [0.4, 0.5) is 0 Å². The first-order chi connectivity index (χ1) is 2.77. The highest BCUT2D eigenvalue weighted by atomic mass is 79.9. The normalized spacial score (nSPS) is 8.17. The van der Waals surface area contributed by atoms with E-state index >= 15 is 0 Å². The van der Waals surface area contributed by atoms with Crippen molar-refractivity contribution < 1.29 is 13.7 Å². The van der Waals surface area contributed by atoms with Crippen LogP contribution in [0, 0.1) is 0 Å². The third-order valence-corrected chi connectivity index (χ3v) is 0.407. The van der Waals surface area contributed by atoms with E-state index in [1.807, 2.05) is 0 Å². The average Bonchev–Trinajstić information content (AvgIpc) is 1.35. The molecule has 3 nitrogen and oxygen atoms in total. The van der Waals surface area contributed by atoms with Crippen LogP contribution in [0.3, 0.4) is 0 Å². The smallest absolute Gasteiger partial charge is 0.330 e. The average molecular weight is 155 g/mol. The predicted octanol–water partition coefficient (Wildman–Crippen LogP) is 0.398. The molecule has 4 heteroatoms. The molecule has 0 saturated heterocycles. The van der Waals surface area contributed by atoms with Crippen LogP contribution < -0.4 is 0 Å². The van der Waals surface area contributed by atoms with Crippen molar-refractivity contribution in [2.75, 3.05) is 6.61 Å². The van der Waals surface area contributed by atoms with Gasteiger partial charge in [-0.2, -0.15) is 0 Å². The lowest BCUT2D eigenvalue weighted by molar-refractivity contribution is -0.138. The van der Waals surface area contributed by atoms with Gasteiger partial charge in [-0.3, -0.25) is 3.83 Å². The number of rotatable bonds is 2. The third kappa shape index (κ3) is 3.91. The van der Waals surface area contributed by atoms with Gasteiger partial charge < -0.3 is 5.11 Å². The highest BCUT2D eigenvalue weighted by Gasteiger charge is 1.89. The largest absolute Gasteiger partial charge is 0.480 e. The number of hydrogen-bond acceptors (Lipinski definition) is 2. The zero-order valence-electron chi connectivity index (χ0n) is 2.85. The molecule has 0 bridgehead atoms. The van der Waals surface area contributed by atoms with Crippen LogP contribution in [0.5, 0.6) is 0 Å². The lowest BCUT2D eigenvalue weighted by Gasteiger charge is -1.80. The molecule has 1 N–H and O–H groups in total. The number of carboxylic acids is 1. The Morgan fingerprint density at radius 3 is 2.50 bits per heavy atom. The number of hydrogen-bond donors (Lipinski definition) is 1. The molecule has 0 radical (unpaired) electrons. The van der Waals surface area contributed by atoms with Gasteiger partial charge in [-0.05, 0) is 0 Å². The van der Waals surface area contributed by atoms with Gasteiger partial charge in [-0.15, -0.1) is 0 Å². The first-order valence-corrected chi connectivity index (χ1v) is 1.87. The highest BCUT2D eigenvalue weighted by Crippen LogP contribution is 1.79. The van der Waals surface area contributed by atoms with Crippen molar-refractivity contribution in [2.45, 2.75) is 0 Å². The Kier molecular flexibility index (Phi) is 3.07. The predicted molar refractivity (Wildman–Crippen MR) is 22.5 cm³/mol. The number of halogens is 1. The van der Waals surface area contributed by atoms with Gasteiger partial charge in [0.1, 0.15) is 0 Å². The second-order valence-corrected chi connectivity index (χ2v) is 1.11. The highest BCUT2D eigenvalue weighted by molar-refractivity contribution is 9.06. The van der Waals surface area contributed by atoms with E-state index in [1.165, 1.54) is 0 Å². The molecule has 0 aliphatic carbocycles. The molecular formula is C2H3BrO3. The summed E-state index contributed by atoms with van der Waals surface area (Å²) < 4.78 is 4.02. The van der Waals surface area contributed by atoms with Gasteiger partial charge in [-0.1, -0.05) is 0 Å². The van der Waals surface area contributed by atoms with Crippen LogP contribution in [0.1, 0.15) is 0 Å². The standard InChI is InChI=1S/C2H3BrO3/c3-6-1-2(4)5/h1H2,(H,4,5). The molecule has 0 unspecified atom stereocenters. The molecule has 0 aliphatic rings. The lowest BCUT2D eigenvalue weighted by atomic mass is 10.8. The maximum absolute atomic E-state index is 9.44. The zero-order valence-corrected chi connectivity index (χ0v) is 4.43. The second-order valence-electron chi connectivity index (χ2n) is 0.647.